The largest absolute Gasteiger partial charge is 0.453 e. The SMILES string of the molecule is COC(=O)NC(C(=O)N1CCCC1c1ncc(-c2ccc(-c3ccc(CNC(=O)C4CCCCC4C(=O)N(NC(=O)OC)C(C)C)cc3)cc2)[nH]1)C(C)C. The molecule has 0 spiro atoms. The number of methoxy groups -OCH3 is 2. The van der Waals surface area contributed by atoms with E-state index >= 15 is 0 Å². The Morgan fingerprint density at radius 3 is 2.06 bits per heavy atom. The quantitative estimate of drug-likeness (QED) is 0.181. The van der Waals surface area contributed by atoms with Crippen LogP contribution in [0, 0.1) is 17.8 Å². The molecule has 2 aliphatic rings. The van der Waals surface area contributed by atoms with E-state index in [0.29, 0.717) is 31.8 Å². The average molecular weight is 744 g/mol. The average Bonchev–Trinajstić information content (AvgIpc) is 3.88. The van der Waals surface area contributed by atoms with Crippen molar-refractivity contribution in [3.05, 3.63) is 66.1 Å². The van der Waals surface area contributed by atoms with Crippen molar-refractivity contribution in [3.8, 4) is 22.4 Å². The van der Waals surface area contributed by atoms with E-state index in [1.54, 1.807) is 24.9 Å². The third-order valence-electron chi connectivity index (χ3n) is 10.4. The summed E-state index contributed by atoms with van der Waals surface area (Å²) in [6.45, 7) is 8.30. The summed E-state index contributed by atoms with van der Waals surface area (Å²) in [6.07, 6.45) is 4.92. The van der Waals surface area contributed by atoms with Gasteiger partial charge in [0.15, 0.2) is 0 Å². The van der Waals surface area contributed by atoms with Crippen LogP contribution in [0.1, 0.15) is 83.6 Å². The third-order valence-corrected chi connectivity index (χ3v) is 10.4. The second-order valence-corrected chi connectivity index (χ2v) is 14.6. The number of rotatable bonds is 11. The van der Waals surface area contributed by atoms with Crippen LogP contribution in [0.3, 0.4) is 0 Å². The van der Waals surface area contributed by atoms with Crippen LogP contribution in [-0.4, -0.2) is 82.6 Å². The lowest BCUT2D eigenvalue weighted by atomic mass is 9.78. The van der Waals surface area contributed by atoms with Crippen molar-refractivity contribution in [1.29, 1.82) is 0 Å². The number of hydrazine groups is 1. The lowest BCUT2D eigenvalue weighted by Crippen LogP contribution is -2.54. The summed E-state index contributed by atoms with van der Waals surface area (Å²) < 4.78 is 9.43. The van der Waals surface area contributed by atoms with Gasteiger partial charge in [0.2, 0.25) is 17.7 Å². The normalized spacial score (nSPS) is 18.9. The molecule has 3 aromatic rings. The van der Waals surface area contributed by atoms with Crippen LogP contribution in [0.2, 0.25) is 0 Å². The molecule has 0 bridgehead atoms. The van der Waals surface area contributed by atoms with E-state index in [4.69, 9.17) is 4.74 Å². The summed E-state index contributed by atoms with van der Waals surface area (Å²) in [5, 5.41) is 6.99. The number of aromatic nitrogens is 2. The highest BCUT2D eigenvalue weighted by molar-refractivity contribution is 5.89. The van der Waals surface area contributed by atoms with Gasteiger partial charge in [-0.25, -0.2) is 25.0 Å². The van der Waals surface area contributed by atoms with Crippen molar-refractivity contribution < 1.29 is 33.4 Å². The zero-order valence-corrected chi connectivity index (χ0v) is 32.0. The van der Waals surface area contributed by atoms with Gasteiger partial charge < -0.3 is 30.0 Å². The lowest BCUT2D eigenvalue weighted by Gasteiger charge is -2.35. The summed E-state index contributed by atoms with van der Waals surface area (Å²) in [5.41, 5.74) is 7.28. The van der Waals surface area contributed by atoms with E-state index in [1.807, 2.05) is 62.4 Å². The fraction of sp³-hybridized carbons (Fsp3) is 0.500. The number of amides is 5. The lowest BCUT2D eigenvalue weighted by molar-refractivity contribution is -0.147. The summed E-state index contributed by atoms with van der Waals surface area (Å²) >= 11 is 0. The Hall–Kier alpha value is -5.40. The number of hydrogen-bond donors (Lipinski definition) is 4. The highest BCUT2D eigenvalue weighted by Gasteiger charge is 2.40. The zero-order valence-electron chi connectivity index (χ0n) is 32.0. The Bertz CT molecular complexity index is 1770. The molecule has 290 valence electrons. The number of alkyl carbamates (subject to hydrolysis) is 1. The first-order valence-corrected chi connectivity index (χ1v) is 18.8. The first-order valence-electron chi connectivity index (χ1n) is 18.8. The number of nitrogens with one attached hydrogen (secondary N) is 4. The Morgan fingerprint density at radius 2 is 1.44 bits per heavy atom. The molecule has 4 atom stereocenters. The molecular formula is C40H53N7O7. The highest BCUT2D eigenvalue weighted by atomic mass is 16.5. The maximum atomic E-state index is 13.5. The van der Waals surface area contributed by atoms with Crippen molar-refractivity contribution in [1.82, 2.24) is 35.9 Å². The molecule has 1 aliphatic heterocycles. The van der Waals surface area contributed by atoms with Crippen LogP contribution in [0.5, 0.6) is 0 Å². The predicted octanol–water partition coefficient (Wildman–Crippen LogP) is 5.72. The number of benzene rings is 2. The van der Waals surface area contributed by atoms with Gasteiger partial charge in [-0.15, -0.1) is 0 Å². The van der Waals surface area contributed by atoms with Crippen LogP contribution in [-0.2, 0) is 30.4 Å². The molecule has 5 amide bonds. The molecule has 2 fully saturated rings. The van der Waals surface area contributed by atoms with E-state index in [2.05, 4.69) is 30.8 Å². The van der Waals surface area contributed by atoms with Gasteiger partial charge in [0.25, 0.3) is 0 Å². The van der Waals surface area contributed by atoms with Gasteiger partial charge in [0.1, 0.15) is 11.9 Å². The Labute approximate surface area is 316 Å². The Kier molecular flexibility index (Phi) is 13.3. The van der Waals surface area contributed by atoms with Crippen LogP contribution in [0.4, 0.5) is 9.59 Å². The smallest absolute Gasteiger partial charge is 0.425 e. The summed E-state index contributed by atoms with van der Waals surface area (Å²) in [5.74, 6) is -1.01. The van der Waals surface area contributed by atoms with Crippen molar-refractivity contribution >= 4 is 29.9 Å². The van der Waals surface area contributed by atoms with E-state index < -0.39 is 30.1 Å². The van der Waals surface area contributed by atoms with E-state index in [0.717, 1.165) is 53.6 Å². The molecule has 1 saturated heterocycles. The number of ether oxygens (including phenoxy) is 2. The van der Waals surface area contributed by atoms with Crippen LogP contribution < -0.4 is 16.1 Å². The molecule has 2 aromatic carbocycles. The maximum Gasteiger partial charge on any atom is 0.425 e. The standard InChI is InChI=1S/C40H53N7O7/c1-24(2)34(44-39(51)53-5)38(50)46-21-9-12-33(46)35-41-23-32(43-35)29-19-17-28(18-20-29)27-15-13-26(14-16-27)22-42-36(48)30-10-7-8-11-31(30)37(49)47(25(3)4)45-40(52)54-6/h13-20,23-25,30-31,33-34H,7-12,21-22H2,1-6H3,(H,41,43)(H,42,48)(H,44,51)(H,45,52). The summed E-state index contributed by atoms with van der Waals surface area (Å²) in [4.78, 5) is 74.0. The second kappa shape index (κ2) is 18.1. The molecule has 54 heavy (non-hydrogen) atoms. The molecule has 5 rings (SSSR count). The first kappa shape index (κ1) is 39.8. The summed E-state index contributed by atoms with van der Waals surface area (Å²) in [7, 11) is 2.52. The molecular weight excluding hydrogens is 690 g/mol. The van der Waals surface area contributed by atoms with Crippen molar-refractivity contribution in [2.75, 3.05) is 20.8 Å². The molecule has 14 nitrogen and oxygen atoms in total. The number of H-pyrrole nitrogens is 1. The van der Waals surface area contributed by atoms with Gasteiger partial charge in [0, 0.05) is 25.0 Å². The molecule has 4 unspecified atom stereocenters. The minimum atomic E-state index is -0.726. The second-order valence-electron chi connectivity index (χ2n) is 14.6. The number of imidazole rings is 1. The fourth-order valence-electron chi connectivity index (χ4n) is 7.32. The Morgan fingerprint density at radius 1 is 0.833 bits per heavy atom. The minimum Gasteiger partial charge on any atom is -0.453 e. The van der Waals surface area contributed by atoms with Crippen molar-refractivity contribution in [3.63, 3.8) is 0 Å². The molecule has 14 heteroatoms. The predicted molar refractivity (Wildman–Crippen MR) is 202 cm³/mol. The third kappa shape index (κ3) is 9.39. The van der Waals surface area contributed by atoms with Crippen molar-refractivity contribution in [2.24, 2.45) is 17.8 Å². The van der Waals surface area contributed by atoms with Gasteiger partial charge in [0.05, 0.1) is 38.1 Å². The van der Waals surface area contributed by atoms with Crippen LogP contribution in [0.15, 0.2) is 54.7 Å². The van der Waals surface area contributed by atoms with E-state index in [1.165, 1.54) is 19.2 Å². The first-order chi connectivity index (χ1) is 25.9. The highest BCUT2D eigenvalue weighted by Crippen LogP contribution is 2.34. The molecule has 4 N–H and O–H groups in total. The number of likely N-dealkylation sites (tertiary alicyclic amines) is 1. The van der Waals surface area contributed by atoms with Gasteiger partial charge >= 0.3 is 12.2 Å². The Balaban J connectivity index is 1.18. The molecule has 1 saturated carbocycles. The number of carbonyl (C=O) groups is 5. The van der Waals surface area contributed by atoms with Gasteiger partial charge in [-0.3, -0.25) is 14.4 Å². The fourth-order valence-corrected chi connectivity index (χ4v) is 7.32. The monoisotopic (exact) mass is 743 g/mol. The number of aromatic amines is 1. The van der Waals surface area contributed by atoms with Crippen LogP contribution in [0.25, 0.3) is 22.4 Å². The van der Waals surface area contributed by atoms with Crippen LogP contribution >= 0.6 is 0 Å². The molecule has 0 radical (unpaired) electrons. The van der Waals surface area contributed by atoms with Gasteiger partial charge in [-0.2, -0.15) is 0 Å². The number of nitrogens with zero attached hydrogens (tertiary/aromatic N) is 3. The topological polar surface area (TPSA) is 175 Å². The summed E-state index contributed by atoms with van der Waals surface area (Å²) in [6, 6.07) is 14.9. The van der Waals surface area contributed by atoms with E-state index in [9.17, 15) is 24.0 Å². The van der Waals surface area contributed by atoms with Crippen molar-refractivity contribution in [2.45, 2.75) is 90.9 Å². The van der Waals surface area contributed by atoms with Gasteiger partial charge in [-0.1, -0.05) is 75.2 Å². The molecule has 2 heterocycles. The molecule has 1 aromatic heterocycles. The zero-order chi connectivity index (χ0) is 38.9. The van der Waals surface area contributed by atoms with E-state index in [-0.39, 0.29) is 35.7 Å². The number of hydrogen-bond acceptors (Lipinski definition) is 8. The number of carbonyl (C=O) groups excluding carboxylic acids is 5. The molecule has 1 aliphatic carbocycles. The minimum absolute atomic E-state index is 0.111. The maximum absolute atomic E-state index is 13.5. The van der Waals surface area contributed by atoms with Gasteiger partial charge in [-0.05, 0) is 67.7 Å².